The molecule has 2 aromatic heterocycles. The number of rotatable bonds is 4. The van der Waals surface area contributed by atoms with E-state index in [1.165, 1.54) is 0 Å². The zero-order valence-electron chi connectivity index (χ0n) is 10.7. The SMILES string of the molecule is CCn1cc(Br)cc1C(=O)N(C)Cc1csc(Br)c1. The van der Waals surface area contributed by atoms with Crippen LogP contribution in [0.4, 0.5) is 0 Å². The van der Waals surface area contributed by atoms with Crippen molar-refractivity contribution in [3.8, 4) is 0 Å². The van der Waals surface area contributed by atoms with Gasteiger partial charge in [-0.3, -0.25) is 4.79 Å². The van der Waals surface area contributed by atoms with Crippen molar-refractivity contribution in [2.45, 2.75) is 20.0 Å². The highest BCUT2D eigenvalue weighted by atomic mass is 79.9. The highest BCUT2D eigenvalue weighted by Crippen LogP contribution is 2.22. The molecule has 0 spiro atoms. The lowest BCUT2D eigenvalue weighted by Crippen LogP contribution is -2.27. The van der Waals surface area contributed by atoms with Gasteiger partial charge in [0.2, 0.25) is 0 Å². The molecule has 0 aromatic carbocycles. The average Bonchev–Trinajstić information content (AvgIpc) is 2.94. The van der Waals surface area contributed by atoms with Gasteiger partial charge < -0.3 is 9.47 Å². The summed E-state index contributed by atoms with van der Waals surface area (Å²) in [6, 6.07) is 3.91. The van der Waals surface area contributed by atoms with Crippen molar-refractivity contribution < 1.29 is 4.79 Å². The smallest absolute Gasteiger partial charge is 0.270 e. The summed E-state index contributed by atoms with van der Waals surface area (Å²) in [5, 5.41) is 2.06. The van der Waals surface area contributed by atoms with Crippen LogP contribution in [0.5, 0.6) is 0 Å². The van der Waals surface area contributed by atoms with Gasteiger partial charge in [0.05, 0.1) is 3.79 Å². The van der Waals surface area contributed by atoms with E-state index in [0.717, 1.165) is 20.4 Å². The molecule has 0 atom stereocenters. The minimum absolute atomic E-state index is 0.0369. The fourth-order valence-electron chi connectivity index (χ4n) is 1.89. The van der Waals surface area contributed by atoms with Gasteiger partial charge in [0.15, 0.2) is 0 Å². The monoisotopic (exact) mass is 404 g/mol. The lowest BCUT2D eigenvalue weighted by molar-refractivity contribution is 0.0774. The first kappa shape index (κ1) is 14.8. The summed E-state index contributed by atoms with van der Waals surface area (Å²) in [6.07, 6.45) is 1.93. The molecule has 1 amide bonds. The Labute approximate surface area is 133 Å². The molecule has 0 aliphatic rings. The van der Waals surface area contributed by atoms with Crippen molar-refractivity contribution >= 4 is 49.1 Å². The van der Waals surface area contributed by atoms with Gasteiger partial charge >= 0.3 is 0 Å². The quantitative estimate of drug-likeness (QED) is 0.741. The number of carbonyl (C=O) groups is 1. The Morgan fingerprint density at radius 3 is 2.74 bits per heavy atom. The molecule has 3 nitrogen and oxygen atoms in total. The third kappa shape index (κ3) is 3.49. The van der Waals surface area contributed by atoms with Crippen LogP contribution in [-0.2, 0) is 13.1 Å². The molecule has 102 valence electrons. The molecule has 0 bridgehead atoms. The number of aryl methyl sites for hydroxylation is 1. The molecule has 6 heteroatoms. The second-order valence-electron chi connectivity index (χ2n) is 4.25. The molecular formula is C13H14Br2N2OS. The van der Waals surface area contributed by atoms with Crippen molar-refractivity contribution in [3.05, 3.63) is 43.2 Å². The highest BCUT2D eigenvalue weighted by molar-refractivity contribution is 9.11. The topological polar surface area (TPSA) is 25.2 Å². The van der Waals surface area contributed by atoms with Gasteiger partial charge in [0.25, 0.3) is 5.91 Å². The van der Waals surface area contributed by atoms with Crippen LogP contribution >= 0.6 is 43.2 Å². The van der Waals surface area contributed by atoms with Crippen LogP contribution in [-0.4, -0.2) is 22.4 Å². The van der Waals surface area contributed by atoms with Crippen molar-refractivity contribution in [1.29, 1.82) is 0 Å². The maximum absolute atomic E-state index is 12.4. The third-order valence-corrected chi connectivity index (χ3v) is 4.80. The summed E-state index contributed by atoms with van der Waals surface area (Å²) >= 11 is 8.48. The molecule has 0 aliphatic carbocycles. The van der Waals surface area contributed by atoms with E-state index < -0.39 is 0 Å². The van der Waals surface area contributed by atoms with Crippen molar-refractivity contribution in [2.24, 2.45) is 0 Å². The van der Waals surface area contributed by atoms with Crippen LogP contribution in [0, 0.1) is 0 Å². The summed E-state index contributed by atoms with van der Waals surface area (Å²) < 4.78 is 3.97. The second kappa shape index (κ2) is 6.24. The first-order valence-electron chi connectivity index (χ1n) is 5.85. The van der Waals surface area contributed by atoms with Gasteiger partial charge in [-0.05, 0) is 61.9 Å². The Morgan fingerprint density at radius 2 is 2.16 bits per heavy atom. The largest absolute Gasteiger partial charge is 0.343 e. The molecule has 0 N–H and O–H groups in total. The van der Waals surface area contributed by atoms with Crippen LogP contribution in [0.15, 0.2) is 32.0 Å². The predicted molar refractivity (Wildman–Crippen MR) is 85.6 cm³/mol. The van der Waals surface area contributed by atoms with Crippen LogP contribution in [0.1, 0.15) is 23.0 Å². The Bertz CT molecular complexity index is 591. The molecular weight excluding hydrogens is 392 g/mol. The van der Waals surface area contributed by atoms with Gasteiger partial charge in [-0.2, -0.15) is 0 Å². The van der Waals surface area contributed by atoms with Crippen LogP contribution < -0.4 is 0 Å². The van der Waals surface area contributed by atoms with Crippen molar-refractivity contribution in [1.82, 2.24) is 9.47 Å². The summed E-state index contributed by atoms with van der Waals surface area (Å²) in [5.41, 5.74) is 1.85. The van der Waals surface area contributed by atoms with Crippen molar-refractivity contribution in [2.75, 3.05) is 7.05 Å². The number of halogens is 2. The normalized spacial score (nSPS) is 10.7. The minimum atomic E-state index is 0.0369. The molecule has 0 saturated heterocycles. The van der Waals surface area contributed by atoms with E-state index in [4.69, 9.17) is 0 Å². The third-order valence-electron chi connectivity index (χ3n) is 2.81. The van der Waals surface area contributed by atoms with Gasteiger partial charge in [0.1, 0.15) is 5.69 Å². The number of hydrogen-bond acceptors (Lipinski definition) is 2. The highest BCUT2D eigenvalue weighted by Gasteiger charge is 2.17. The first-order valence-corrected chi connectivity index (χ1v) is 8.32. The van der Waals surface area contributed by atoms with E-state index in [0.29, 0.717) is 12.2 Å². The van der Waals surface area contributed by atoms with Gasteiger partial charge in [-0.15, -0.1) is 11.3 Å². The maximum Gasteiger partial charge on any atom is 0.270 e. The number of nitrogens with zero attached hydrogens (tertiary/aromatic N) is 2. The summed E-state index contributed by atoms with van der Waals surface area (Å²) in [7, 11) is 1.83. The Balaban J connectivity index is 2.14. The first-order chi connectivity index (χ1) is 9.01. The predicted octanol–water partition coefficient (Wildman–Crippen LogP) is 4.37. The molecule has 0 radical (unpaired) electrons. The molecule has 19 heavy (non-hydrogen) atoms. The van der Waals surface area contributed by atoms with E-state index in [-0.39, 0.29) is 5.91 Å². The molecule has 2 aromatic rings. The van der Waals surface area contributed by atoms with E-state index >= 15 is 0 Å². The standard InChI is InChI=1S/C13H14Br2N2OS/c1-3-17-7-10(14)5-11(17)13(18)16(2)6-9-4-12(15)19-8-9/h4-5,7-8H,3,6H2,1-2H3. The van der Waals surface area contributed by atoms with Crippen molar-refractivity contribution in [3.63, 3.8) is 0 Å². The maximum atomic E-state index is 12.4. The number of carbonyl (C=O) groups excluding carboxylic acids is 1. The Morgan fingerprint density at radius 1 is 1.42 bits per heavy atom. The molecule has 2 rings (SSSR count). The number of thiophene rings is 1. The summed E-state index contributed by atoms with van der Waals surface area (Å²) in [4.78, 5) is 14.2. The van der Waals surface area contributed by atoms with E-state index in [2.05, 4.69) is 37.2 Å². The second-order valence-corrected chi connectivity index (χ2v) is 7.46. The van der Waals surface area contributed by atoms with Crippen LogP contribution in [0.2, 0.25) is 0 Å². The fraction of sp³-hybridized carbons (Fsp3) is 0.308. The lowest BCUT2D eigenvalue weighted by atomic mass is 10.3. The summed E-state index contributed by atoms with van der Waals surface area (Å²) in [6.45, 7) is 3.43. The molecule has 2 heterocycles. The average molecular weight is 406 g/mol. The lowest BCUT2D eigenvalue weighted by Gasteiger charge is -2.17. The number of hydrogen-bond donors (Lipinski definition) is 0. The molecule has 0 saturated carbocycles. The van der Waals surface area contributed by atoms with Gasteiger partial charge in [0, 0.05) is 30.8 Å². The Kier molecular flexibility index (Phi) is 4.86. The van der Waals surface area contributed by atoms with E-state index in [1.54, 1.807) is 16.2 Å². The number of amides is 1. The summed E-state index contributed by atoms with van der Waals surface area (Å²) in [5.74, 6) is 0.0369. The zero-order valence-corrected chi connectivity index (χ0v) is 14.7. The minimum Gasteiger partial charge on any atom is -0.343 e. The molecule has 0 fully saturated rings. The van der Waals surface area contributed by atoms with Crippen LogP contribution in [0.3, 0.4) is 0 Å². The van der Waals surface area contributed by atoms with E-state index in [1.807, 2.05) is 36.9 Å². The van der Waals surface area contributed by atoms with Gasteiger partial charge in [-0.25, -0.2) is 0 Å². The van der Waals surface area contributed by atoms with E-state index in [9.17, 15) is 4.79 Å². The fourth-order valence-corrected chi connectivity index (χ4v) is 3.55. The Hall–Kier alpha value is -0.590. The molecule has 0 unspecified atom stereocenters. The van der Waals surface area contributed by atoms with Crippen LogP contribution in [0.25, 0.3) is 0 Å². The number of aromatic nitrogens is 1. The molecule has 0 aliphatic heterocycles. The van der Waals surface area contributed by atoms with Gasteiger partial charge in [-0.1, -0.05) is 0 Å². The zero-order chi connectivity index (χ0) is 14.0.